The third-order valence-electron chi connectivity index (χ3n) is 10.1. The van der Waals surface area contributed by atoms with E-state index in [1.807, 2.05) is 36.4 Å². The number of nitrogens with zero attached hydrogens (tertiary/aromatic N) is 3. The van der Waals surface area contributed by atoms with Crippen molar-refractivity contribution in [2.24, 2.45) is 0 Å². The van der Waals surface area contributed by atoms with Crippen molar-refractivity contribution in [2.75, 3.05) is 0 Å². The molecule has 0 aliphatic heterocycles. The van der Waals surface area contributed by atoms with Crippen LogP contribution in [-0.2, 0) is 0 Å². The SMILES string of the molecule is c1cc(-c2nc(-c3ccc4ccccc4c3)nc(-c3ccc4c(ccc5oc6ccccc6c54)c3)n2)cc(-c2cccc3oc4ccccc4c23)c1. The van der Waals surface area contributed by atoms with Crippen LogP contribution < -0.4 is 0 Å². The first-order valence-corrected chi connectivity index (χ1v) is 17.3. The molecule has 11 aromatic rings. The van der Waals surface area contributed by atoms with E-state index in [0.717, 1.165) is 87.9 Å². The first kappa shape index (κ1) is 28.7. The minimum absolute atomic E-state index is 0.607. The molecule has 3 aromatic heterocycles. The number of benzene rings is 8. The van der Waals surface area contributed by atoms with Crippen molar-refractivity contribution < 1.29 is 8.83 Å². The Kier molecular flexibility index (Phi) is 6.18. The molecular weight excluding hydrogens is 639 g/mol. The van der Waals surface area contributed by atoms with E-state index >= 15 is 0 Å². The summed E-state index contributed by atoms with van der Waals surface area (Å²) in [6.07, 6.45) is 0. The molecule has 0 spiro atoms. The van der Waals surface area contributed by atoms with Gasteiger partial charge in [-0.3, -0.25) is 0 Å². The van der Waals surface area contributed by atoms with Crippen LogP contribution in [0.2, 0.25) is 0 Å². The van der Waals surface area contributed by atoms with Crippen LogP contribution >= 0.6 is 0 Å². The van der Waals surface area contributed by atoms with Gasteiger partial charge in [-0.1, -0.05) is 121 Å². The van der Waals surface area contributed by atoms with E-state index in [0.29, 0.717) is 17.5 Å². The number of furan rings is 2. The van der Waals surface area contributed by atoms with Crippen molar-refractivity contribution in [1.82, 2.24) is 15.0 Å². The Morgan fingerprint density at radius 2 is 0.846 bits per heavy atom. The lowest BCUT2D eigenvalue weighted by atomic mass is 9.97. The van der Waals surface area contributed by atoms with E-state index in [-0.39, 0.29) is 0 Å². The molecule has 0 radical (unpaired) electrons. The fourth-order valence-corrected chi connectivity index (χ4v) is 7.63. The number of hydrogen-bond acceptors (Lipinski definition) is 5. The fourth-order valence-electron chi connectivity index (χ4n) is 7.63. The molecule has 0 saturated carbocycles. The van der Waals surface area contributed by atoms with Gasteiger partial charge in [0, 0.05) is 38.2 Å². The predicted octanol–water partition coefficient (Wildman–Crippen LogP) is 12.6. The van der Waals surface area contributed by atoms with Crippen molar-refractivity contribution >= 4 is 65.4 Å². The second-order valence-corrected chi connectivity index (χ2v) is 13.2. The lowest BCUT2D eigenvalue weighted by Gasteiger charge is -2.11. The molecule has 0 bridgehead atoms. The normalized spacial score (nSPS) is 11.8. The van der Waals surface area contributed by atoms with Gasteiger partial charge in [0.2, 0.25) is 0 Å². The second kappa shape index (κ2) is 11.2. The quantitative estimate of drug-likeness (QED) is 0.187. The summed E-state index contributed by atoms with van der Waals surface area (Å²) in [6.45, 7) is 0. The molecule has 11 rings (SSSR count). The van der Waals surface area contributed by atoms with E-state index < -0.39 is 0 Å². The fraction of sp³-hybridized carbons (Fsp3) is 0. The second-order valence-electron chi connectivity index (χ2n) is 13.2. The Morgan fingerprint density at radius 3 is 1.62 bits per heavy atom. The summed E-state index contributed by atoms with van der Waals surface area (Å²) in [5.74, 6) is 1.84. The molecule has 0 saturated heterocycles. The van der Waals surface area contributed by atoms with Crippen molar-refractivity contribution in [3.8, 4) is 45.3 Å². The Labute approximate surface area is 297 Å². The lowest BCUT2D eigenvalue weighted by Crippen LogP contribution is -2.00. The van der Waals surface area contributed by atoms with Gasteiger partial charge in [0.1, 0.15) is 22.3 Å². The van der Waals surface area contributed by atoms with Crippen molar-refractivity contribution in [1.29, 1.82) is 0 Å². The van der Waals surface area contributed by atoms with Gasteiger partial charge in [-0.05, 0) is 75.1 Å². The average molecular weight is 666 g/mol. The Morgan fingerprint density at radius 1 is 0.308 bits per heavy atom. The van der Waals surface area contributed by atoms with Gasteiger partial charge in [-0.15, -0.1) is 0 Å². The van der Waals surface area contributed by atoms with Gasteiger partial charge < -0.3 is 8.83 Å². The number of para-hydroxylation sites is 2. The summed E-state index contributed by atoms with van der Waals surface area (Å²) in [7, 11) is 0. The number of rotatable bonds is 4. The first-order chi connectivity index (χ1) is 25.7. The standard InChI is InChI=1S/C47H27N3O2/c1-2-10-29-25-33(20-19-28(29)9-1)46-48-45(32-12-7-11-30(26-32)35-15-8-18-41-43(35)37-13-3-5-16-39(37)51-41)49-47(50-46)34-21-23-36-31(27-34)22-24-42-44(36)38-14-4-6-17-40(38)52-42/h1-27H. The molecule has 0 atom stereocenters. The lowest BCUT2D eigenvalue weighted by molar-refractivity contribution is 0.668. The van der Waals surface area contributed by atoms with Crippen molar-refractivity contribution in [2.45, 2.75) is 0 Å². The van der Waals surface area contributed by atoms with Gasteiger partial charge in [0.15, 0.2) is 17.5 Å². The average Bonchev–Trinajstić information content (AvgIpc) is 3.79. The van der Waals surface area contributed by atoms with Gasteiger partial charge in [0.25, 0.3) is 0 Å². The van der Waals surface area contributed by atoms with Crippen molar-refractivity contribution in [3.63, 3.8) is 0 Å². The maximum atomic E-state index is 6.22. The third-order valence-corrected chi connectivity index (χ3v) is 10.1. The molecule has 8 aromatic carbocycles. The van der Waals surface area contributed by atoms with Crippen LogP contribution in [0.5, 0.6) is 0 Å². The monoisotopic (exact) mass is 665 g/mol. The molecule has 0 aliphatic rings. The Hall–Kier alpha value is -7.11. The minimum Gasteiger partial charge on any atom is -0.456 e. The molecule has 0 amide bonds. The number of aromatic nitrogens is 3. The molecule has 242 valence electrons. The van der Waals surface area contributed by atoms with Crippen LogP contribution in [0.15, 0.2) is 173 Å². The highest BCUT2D eigenvalue weighted by Gasteiger charge is 2.17. The van der Waals surface area contributed by atoms with E-state index in [4.69, 9.17) is 23.8 Å². The zero-order chi connectivity index (χ0) is 34.2. The molecule has 0 N–H and O–H groups in total. The molecule has 5 nitrogen and oxygen atoms in total. The zero-order valence-corrected chi connectivity index (χ0v) is 27.7. The maximum Gasteiger partial charge on any atom is 0.164 e. The third kappa shape index (κ3) is 4.53. The summed E-state index contributed by atoms with van der Waals surface area (Å²) >= 11 is 0. The Bertz CT molecular complexity index is 3210. The Balaban J connectivity index is 1.10. The molecule has 0 aliphatic carbocycles. The number of hydrogen-bond donors (Lipinski definition) is 0. The summed E-state index contributed by atoms with van der Waals surface area (Å²) in [5, 5.41) is 8.93. The van der Waals surface area contributed by atoms with Crippen LogP contribution in [0.1, 0.15) is 0 Å². The van der Waals surface area contributed by atoms with Gasteiger partial charge >= 0.3 is 0 Å². The molecule has 0 unspecified atom stereocenters. The van der Waals surface area contributed by atoms with Crippen LogP contribution in [0, 0.1) is 0 Å². The van der Waals surface area contributed by atoms with Crippen LogP contribution in [0.3, 0.4) is 0 Å². The largest absolute Gasteiger partial charge is 0.456 e. The number of fused-ring (bicyclic) bond motifs is 9. The highest BCUT2D eigenvalue weighted by atomic mass is 16.3. The van der Waals surface area contributed by atoms with Gasteiger partial charge in [-0.25, -0.2) is 15.0 Å². The van der Waals surface area contributed by atoms with E-state index in [1.165, 1.54) is 5.39 Å². The highest BCUT2D eigenvalue weighted by molar-refractivity contribution is 6.19. The molecule has 0 fully saturated rings. The van der Waals surface area contributed by atoms with E-state index in [9.17, 15) is 0 Å². The summed E-state index contributed by atoms with van der Waals surface area (Å²) in [6, 6.07) is 56.4. The van der Waals surface area contributed by atoms with Crippen LogP contribution in [-0.4, -0.2) is 15.0 Å². The predicted molar refractivity (Wildman–Crippen MR) is 211 cm³/mol. The highest BCUT2D eigenvalue weighted by Crippen LogP contribution is 2.39. The zero-order valence-electron chi connectivity index (χ0n) is 27.7. The summed E-state index contributed by atoms with van der Waals surface area (Å²) in [5.41, 5.74) is 8.41. The molecule has 52 heavy (non-hydrogen) atoms. The van der Waals surface area contributed by atoms with Gasteiger partial charge in [0.05, 0.1) is 0 Å². The van der Waals surface area contributed by atoms with Crippen molar-refractivity contribution in [3.05, 3.63) is 164 Å². The maximum absolute atomic E-state index is 6.22. The molecular formula is C47H27N3O2. The summed E-state index contributed by atoms with van der Waals surface area (Å²) in [4.78, 5) is 15.4. The molecule has 5 heteroatoms. The van der Waals surface area contributed by atoms with Crippen LogP contribution in [0.25, 0.3) is 111 Å². The smallest absolute Gasteiger partial charge is 0.164 e. The molecule has 3 heterocycles. The van der Waals surface area contributed by atoms with E-state index in [2.05, 4.69) is 127 Å². The van der Waals surface area contributed by atoms with Gasteiger partial charge in [-0.2, -0.15) is 0 Å². The van der Waals surface area contributed by atoms with Crippen LogP contribution in [0.4, 0.5) is 0 Å². The topological polar surface area (TPSA) is 65.0 Å². The minimum atomic E-state index is 0.607. The first-order valence-electron chi connectivity index (χ1n) is 17.3. The summed E-state index contributed by atoms with van der Waals surface area (Å²) < 4.78 is 12.4. The van der Waals surface area contributed by atoms with E-state index in [1.54, 1.807) is 0 Å².